The molecule has 0 aliphatic rings. The van der Waals surface area contributed by atoms with Gasteiger partial charge in [-0.25, -0.2) is 0 Å². The SMILES string of the molecule is CCOc1cccc(C(NC)c2cc(C)nc(C)c2)c1. The molecule has 1 unspecified atom stereocenters. The van der Waals surface area contributed by atoms with Crippen LogP contribution in [-0.2, 0) is 0 Å². The van der Waals surface area contributed by atoms with E-state index in [1.165, 1.54) is 11.1 Å². The van der Waals surface area contributed by atoms with Crippen molar-refractivity contribution in [3.63, 3.8) is 0 Å². The minimum atomic E-state index is 0.149. The van der Waals surface area contributed by atoms with Gasteiger partial charge in [0, 0.05) is 11.4 Å². The molecule has 0 saturated carbocycles. The third-order valence-electron chi connectivity index (χ3n) is 3.23. The van der Waals surface area contributed by atoms with E-state index < -0.39 is 0 Å². The summed E-state index contributed by atoms with van der Waals surface area (Å²) >= 11 is 0. The zero-order valence-electron chi connectivity index (χ0n) is 12.6. The second-order valence-electron chi connectivity index (χ2n) is 4.91. The van der Waals surface area contributed by atoms with Crippen LogP contribution in [0.4, 0.5) is 0 Å². The minimum Gasteiger partial charge on any atom is -0.494 e. The fourth-order valence-corrected chi connectivity index (χ4v) is 2.51. The fraction of sp³-hybridized carbons (Fsp3) is 0.353. The molecule has 3 nitrogen and oxygen atoms in total. The van der Waals surface area contributed by atoms with E-state index in [0.717, 1.165) is 17.1 Å². The molecule has 106 valence electrons. The summed E-state index contributed by atoms with van der Waals surface area (Å²) in [5.74, 6) is 0.910. The maximum absolute atomic E-state index is 5.58. The van der Waals surface area contributed by atoms with Crippen molar-refractivity contribution in [2.75, 3.05) is 13.7 Å². The highest BCUT2D eigenvalue weighted by molar-refractivity contribution is 5.37. The van der Waals surface area contributed by atoms with Crippen LogP contribution in [0, 0.1) is 13.8 Å². The van der Waals surface area contributed by atoms with Crippen LogP contribution in [0.3, 0.4) is 0 Å². The van der Waals surface area contributed by atoms with Crippen LogP contribution >= 0.6 is 0 Å². The van der Waals surface area contributed by atoms with Crippen LogP contribution in [-0.4, -0.2) is 18.6 Å². The van der Waals surface area contributed by atoms with Crippen molar-refractivity contribution in [1.82, 2.24) is 10.3 Å². The lowest BCUT2D eigenvalue weighted by molar-refractivity contribution is 0.339. The monoisotopic (exact) mass is 270 g/mol. The second kappa shape index (κ2) is 6.53. The standard InChI is InChI=1S/C17H22N2O/c1-5-20-16-8-6-7-14(11-16)17(18-4)15-9-12(2)19-13(3)10-15/h6-11,17-18H,5H2,1-4H3. The van der Waals surface area contributed by atoms with Gasteiger partial charge in [-0.3, -0.25) is 4.98 Å². The van der Waals surface area contributed by atoms with Gasteiger partial charge in [-0.1, -0.05) is 12.1 Å². The first-order chi connectivity index (χ1) is 9.63. The van der Waals surface area contributed by atoms with Crippen LogP contribution in [0.5, 0.6) is 5.75 Å². The number of aromatic nitrogens is 1. The Labute approximate surface area is 121 Å². The summed E-state index contributed by atoms with van der Waals surface area (Å²) < 4.78 is 5.58. The second-order valence-corrected chi connectivity index (χ2v) is 4.91. The van der Waals surface area contributed by atoms with Gasteiger partial charge in [0.2, 0.25) is 0 Å². The number of hydrogen-bond donors (Lipinski definition) is 1. The predicted molar refractivity (Wildman–Crippen MR) is 82.2 cm³/mol. The van der Waals surface area contributed by atoms with Crippen molar-refractivity contribution >= 4 is 0 Å². The molecule has 0 spiro atoms. The largest absolute Gasteiger partial charge is 0.494 e. The van der Waals surface area contributed by atoms with Crippen molar-refractivity contribution in [3.8, 4) is 5.75 Å². The van der Waals surface area contributed by atoms with Gasteiger partial charge >= 0.3 is 0 Å². The van der Waals surface area contributed by atoms with Gasteiger partial charge in [0.15, 0.2) is 0 Å². The first-order valence-electron chi connectivity index (χ1n) is 6.99. The highest BCUT2D eigenvalue weighted by atomic mass is 16.5. The maximum Gasteiger partial charge on any atom is 0.119 e. The molecule has 1 heterocycles. The smallest absolute Gasteiger partial charge is 0.119 e. The summed E-state index contributed by atoms with van der Waals surface area (Å²) in [5.41, 5.74) is 4.51. The molecule has 2 rings (SSSR count). The first kappa shape index (κ1) is 14.5. The van der Waals surface area contributed by atoms with Crippen LogP contribution < -0.4 is 10.1 Å². The molecule has 1 N–H and O–H groups in total. The minimum absolute atomic E-state index is 0.149. The van der Waals surface area contributed by atoms with E-state index in [-0.39, 0.29) is 6.04 Å². The van der Waals surface area contributed by atoms with Gasteiger partial charge in [-0.05, 0) is 63.2 Å². The lowest BCUT2D eigenvalue weighted by Gasteiger charge is -2.19. The topological polar surface area (TPSA) is 34.1 Å². The highest BCUT2D eigenvalue weighted by Gasteiger charge is 2.13. The van der Waals surface area contributed by atoms with E-state index in [0.29, 0.717) is 6.61 Å². The maximum atomic E-state index is 5.58. The molecular formula is C17H22N2O. The lowest BCUT2D eigenvalue weighted by Crippen LogP contribution is -2.18. The van der Waals surface area contributed by atoms with Crippen LogP contribution in [0.1, 0.15) is 35.5 Å². The molecule has 1 aromatic carbocycles. The zero-order valence-corrected chi connectivity index (χ0v) is 12.6. The van der Waals surface area contributed by atoms with E-state index in [4.69, 9.17) is 4.74 Å². The Morgan fingerprint density at radius 1 is 1.10 bits per heavy atom. The number of rotatable bonds is 5. The van der Waals surface area contributed by atoms with Crippen molar-refractivity contribution in [3.05, 3.63) is 58.9 Å². The third kappa shape index (κ3) is 3.36. The van der Waals surface area contributed by atoms with Gasteiger partial charge < -0.3 is 10.1 Å². The zero-order chi connectivity index (χ0) is 14.5. The number of nitrogens with zero attached hydrogens (tertiary/aromatic N) is 1. The Morgan fingerprint density at radius 2 is 1.80 bits per heavy atom. The molecule has 0 amide bonds. The van der Waals surface area contributed by atoms with Crippen LogP contribution in [0.25, 0.3) is 0 Å². The number of ether oxygens (including phenoxy) is 1. The number of nitrogens with one attached hydrogen (secondary N) is 1. The molecule has 0 aliphatic carbocycles. The molecule has 1 aromatic heterocycles. The van der Waals surface area contributed by atoms with Crippen molar-refractivity contribution in [1.29, 1.82) is 0 Å². The number of hydrogen-bond acceptors (Lipinski definition) is 3. The molecule has 0 aliphatic heterocycles. The quantitative estimate of drug-likeness (QED) is 0.904. The summed E-state index contributed by atoms with van der Waals surface area (Å²) in [5, 5.41) is 3.38. The molecule has 2 aromatic rings. The molecule has 0 saturated heterocycles. The molecular weight excluding hydrogens is 248 g/mol. The molecule has 0 radical (unpaired) electrons. The average Bonchev–Trinajstić information content (AvgIpc) is 2.39. The molecule has 20 heavy (non-hydrogen) atoms. The van der Waals surface area contributed by atoms with Gasteiger partial charge in [0.1, 0.15) is 5.75 Å². The molecule has 1 atom stereocenters. The normalized spacial score (nSPS) is 12.2. The summed E-state index contributed by atoms with van der Waals surface area (Å²) in [7, 11) is 1.98. The Balaban J connectivity index is 2.38. The van der Waals surface area contributed by atoms with E-state index in [9.17, 15) is 0 Å². The summed E-state index contributed by atoms with van der Waals surface area (Å²) in [6.07, 6.45) is 0. The highest BCUT2D eigenvalue weighted by Crippen LogP contribution is 2.25. The van der Waals surface area contributed by atoms with Gasteiger partial charge in [-0.2, -0.15) is 0 Å². The molecule has 3 heteroatoms. The average molecular weight is 270 g/mol. The Bertz CT molecular complexity index is 561. The Kier molecular flexibility index (Phi) is 4.74. The Hall–Kier alpha value is -1.87. The van der Waals surface area contributed by atoms with Crippen molar-refractivity contribution in [2.24, 2.45) is 0 Å². The molecule has 0 bridgehead atoms. The first-order valence-corrected chi connectivity index (χ1v) is 6.99. The van der Waals surface area contributed by atoms with E-state index >= 15 is 0 Å². The van der Waals surface area contributed by atoms with E-state index in [1.54, 1.807) is 0 Å². The number of aryl methyl sites for hydroxylation is 2. The predicted octanol–water partition coefficient (Wildman–Crippen LogP) is 3.41. The number of benzene rings is 1. The molecule has 0 fully saturated rings. The lowest BCUT2D eigenvalue weighted by atomic mass is 9.98. The van der Waals surface area contributed by atoms with Crippen molar-refractivity contribution in [2.45, 2.75) is 26.8 Å². The summed E-state index contributed by atoms with van der Waals surface area (Å²) in [6, 6.07) is 12.6. The van der Waals surface area contributed by atoms with Crippen LogP contribution in [0.2, 0.25) is 0 Å². The number of pyridine rings is 1. The third-order valence-corrected chi connectivity index (χ3v) is 3.23. The van der Waals surface area contributed by atoms with Gasteiger partial charge in [0.05, 0.1) is 12.6 Å². The van der Waals surface area contributed by atoms with Gasteiger partial charge in [-0.15, -0.1) is 0 Å². The van der Waals surface area contributed by atoms with E-state index in [1.807, 2.05) is 40.0 Å². The summed E-state index contributed by atoms with van der Waals surface area (Å²) in [4.78, 5) is 4.44. The van der Waals surface area contributed by atoms with Gasteiger partial charge in [0.25, 0.3) is 0 Å². The Morgan fingerprint density at radius 3 is 2.40 bits per heavy atom. The fourth-order valence-electron chi connectivity index (χ4n) is 2.51. The van der Waals surface area contributed by atoms with Crippen molar-refractivity contribution < 1.29 is 4.74 Å². The van der Waals surface area contributed by atoms with E-state index in [2.05, 4.69) is 34.6 Å². The van der Waals surface area contributed by atoms with Crippen LogP contribution in [0.15, 0.2) is 36.4 Å². The summed E-state index contributed by atoms with van der Waals surface area (Å²) in [6.45, 7) is 6.73.